The van der Waals surface area contributed by atoms with Gasteiger partial charge in [0.25, 0.3) is 0 Å². The molecule has 1 radical (unpaired) electrons. The van der Waals surface area contributed by atoms with Crippen LogP contribution in [-0.2, 0) is 4.79 Å². The highest BCUT2D eigenvalue weighted by Crippen LogP contribution is 1.68. The summed E-state index contributed by atoms with van der Waals surface area (Å²) in [5.41, 5.74) is 4.64. The molecule has 2 heteroatoms. The van der Waals surface area contributed by atoms with E-state index in [0.717, 1.165) is 0 Å². The lowest BCUT2D eigenvalue weighted by Gasteiger charge is -1.75. The Kier molecular flexibility index (Phi) is 2.13. The van der Waals surface area contributed by atoms with E-state index in [0.29, 0.717) is 0 Å². The van der Waals surface area contributed by atoms with Gasteiger partial charge in [-0.1, -0.05) is 6.08 Å². The monoisotopic (exact) mass is 84.0 g/mol. The van der Waals surface area contributed by atoms with Crippen molar-refractivity contribution in [3.05, 3.63) is 19.1 Å². The van der Waals surface area contributed by atoms with Gasteiger partial charge in [-0.3, -0.25) is 4.79 Å². The minimum absolute atomic E-state index is 0.454. The highest BCUT2D eigenvalue weighted by atomic mass is 16.1. The summed E-state index contributed by atoms with van der Waals surface area (Å²) < 4.78 is 0. The van der Waals surface area contributed by atoms with Crippen LogP contribution in [0.1, 0.15) is 0 Å². The van der Waals surface area contributed by atoms with E-state index in [2.05, 4.69) is 12.3 Å². The van der Waals surface area contributed by atoms with Crippen molar-refractivity contribution in [3.63, 3.8) is 0 Å². The molecule has 33 valence electrons. The summed E-state index contributed by atoms with van der Waals surface area (Å²) in [5, 5.41) is 0. The summed E-state index contributed by atoms with van der Waals surface area (Å²) >= 11 is 0. The molecule has 2 N–H and O–H groups in total. The lowest BCUT2D eigenvalue weighted by atomic mass is 10.4. The summed E-state index contributed by atoms with van der Waals surface area (Å²) in [5.74, 6) is -0.454. The van der Waals surface area contributed by atoms with Crippen molar-refractivity contribution >= 4 is 5.91 Å². The SMILES string of the molecule is C=C[CH]C(N)=O. The summed E-state index contributed by atoms with van der Waals surface area (Å²) in [4.78, 5) is 9.69. The molecule has 0 spiro atoms. The molecule has 6 heavy (non-hydrogen) atoms. The second-order valence-electron chi connectivity index (χ2n) is 0.805. The van der Waals surface area contributed by atoms with Crippen molar-refractivity contribution in [3.8, 4) is 0 Å². The third-order valence-corrected chi connectivity index (χ3v) is 0.282. The van der Waals surface area contributed by atoms with E-state index in [1.807, 2.05) is 0 Å². The lowest BCUT2D eigenvalue weighted by Crippen LogP contribution is -2.08. The Morgan fingerprint density at radius 3 is 2.33 bits per heavy atom. The minimum atomic E-state index is -0.454. The van der Waals surface area contributed by atoms with Gasteiger partial charge in [-0.15, -0.1) is 6.58 Å². The van der Waals surface area contributed by atoms with Crippen LogP contribution in [0.4, 0.5) is 0 Å². The molecule has 2 nitrogen and oxygen atoms in total. The zero-order chi connectivity index (χ0) is 4.99. The molecule has 0 unspecified atom stereocenters. The maximum absolute atomic E-state index is 9.69. The van der Waals surface area contributed by atoms with Gasteiger partial charge in [0, 0.05) is 0 Å². The Hall–Kier alpha value is -0.790. The average Bonchev–Trinajstić information content (AvgIpc) is 1.35. The molecule has 0 saturated heterocycles. The normalized spacial score (nSPS) is 7.33. The van der Waals surface area contributed by atoms with E-state index in [4.69, 9.17) is 0 Å². The Bertz CT molecular complexity index is 67.9. The molecule has 0 aliphatic heterocycles. The fraction of sp³-hybridized carbons (Fsp3) is 0. The number of amides is 1. The average molecular weight is 84.1 g/mol. The molecule has 0 heterocycles. The largest absolute Gasteiger partial charge is 0.369 e. The zero-order valence-corrected chi connectivity index (χ0v) is 3.35. The van der Waals surface area contributed by atoms with Crippen LogP contribution >= 0.6 is 0 Å². The lowest BCUT2D eigenvalue weighted by molar-refractivity contribution is -0.114. The smallest absolute Gasteiger partial charge is 0.225 e. The Morgan fingerprint density at radius 1 is 1.83 bits per heavy atom. The molecule has 0 aliphatic rings. The van der Waals surface area contributed by atoms with Crippen LogP contribution in [0.5, 0.6) is 0 Å². The van der Waals surface area contributed by atoms with Gasteiger partial charge in [0.2, 0.25) is 5.91 Å². The number of hydrogen-bond donors (Lipinski definition) is 1. The van der Waals surface area contributed by atoms with Crippen molar-refractivity contribution < 1.29 is 4.79 Å². The number of rotatable bonds is 2. The number of carbonyl (C=O) groups excluding carboxylic acids is 1. The molecule has 0 rings (SSSR count). The van der Waals surface area contributed by atoms with Crippen LogP contribution in [0.25, 0.3) is 0 Å². The second-order valence-corrected chi connectivity index (χ2v) is 0.805. The third kappa shape index (κ3) is 3.21. The number of nitrogens with two attached hydrogens (primary N) is 1. The molecule has 0 aromatic carbocycles. The first-order valence-corrected chi connectivity index (χ1v) is 1.52. The Labute approximate surface area is 36.6 Å². The molecule has 0 aromatic heterocycles. The van der Waals surface area contributed by atoms with E-state index in [1.165, 1.54) is 12.5 Å². The highest BCUT2D eigenvalue weighted by molar-refractivity contribution is 5.84. The van der Waals surface area contributed by atoms with Gasteiger partial charge in [-0.05, 0) is 0 Å². The van der Waals surface area contributed by atoms with E-state index < -0.39 is 5.91 Å². The quantitative estimate of drug-likeness (QED) is 0.497. The highest BCUT2D eigenvalue weighted by Gasteiger charge is 1.81. The van der Waals surface area contributed by atoms with Gasteiger partial charge in [0.1, 0.15) is 0 Å². The standard InChI is InChI=1S/C4H6NO/c1-2-3-4(5)6/h2-3H,1H2,(H2,5,6). The second kappa shape index (κ2) is 2.45. The summed E-state index contributed by atoms with van der Waals surface area (Å²) in [6, 6.07) is 0. The molecule has 0 atom stereocenters. The van der Waals surface area contributed by atoms with Crippen LogP contribution in [0.2, 0.25) is 0 Å². The molecule has 0 bridgehead atoms. The van der Waals surface area contributed by atoms with Crippen molar-refractivity contribution in [1.82, 2.24) is 0 Å². The van der Waals surface area contributed by atoms with Gasteiger partial charge >= 0.3 is 0 Å². The van der Waals surface area contributed by atoms with E-state index in [-0.39, 0.29) is 0 Å². The van der Waals surface area contributed by atoms with Gasteiger partial charge in [-0.25, -0.2) is 0 Å². The third-order valence-electron chi connectivity index (χ3n) is 0.282. The topological polar surface area (TPSA) is 43.1 Å². The molecule has 0 aromatic rings. The molecule has 0 aliphatic carbocycles. The molecule has 0 fully saturated rings. The zero-order valence-electron chi connectivity index (χ0n) is 3.35. The molecule has 0 saturated carbocycles. The Balaban J connectivity index is 3.05. The fourth-order valence-corrected chi connectivity index (χ4v) is 0.116. The summed E-state index contributed by atoms with van der Waals surface area (Å²) in [6.45, 7) is 3.24. The van der Waals surface area contributed by atoms with Crippen LogP contribution in [0.3, 0.4) is 0 Å². The Morgan fingerprint density at radius 2 is 2.33 bits per heavy atom. The molecular formula is C4H6NO. The number of primary amides is 1. The van der Waals surface area contributed by atoms with Crippen molar-refractivity contribution in [2.75, 3.05) is 0 Å². The summed E-state index contributed by atoms with van der Waals surface area (Å²) in [7, 11) is 0. The van der Waals surface area contributed by atoms with Crippen molar-refractivity contribution in [2.45, 2.75) is 0 Å². The molecular weight excluding hydrogens is 78.0 g/mol. The van der Waals surface area contributed by atoms with Crippen molar-refractivity contribution in [2.24, 2.45) is 5.73 Å². The van der Waals surface area contributed by atoms with E-state index in [9.17, 15) is 4.79 Å². The van der Waals surface area contributed by atoms with E-state index in [1.54, 1.807) is 0 Å². The molecule has 1 amide bonds. The van der Waals surface area contributed by atoms with Gasteiger partial charge < -0.3 is 5.73 Å². The maximum atomic E-state index is 9.69. The maximum Gasteiger partial charge on any atom is 0.225 e. The van der Waals surface area contributed by atoms with Crippen molar-refractivity contribution in [1.29, 1.82) is 0 Å². The predicted molar refractivity (Wildman–Crippen MR) is 23.7 cm³/mol. The van der Waals surface area contributed by atoms with Gasteiger partial charge in [0.15, 0.2) is 0 Å². The first-order chi connectivity index (χ1) is 2.77. The number of carbonyl (C=O) groups is 1. The minimum Gasteiger partial charge on any atom is -0.369 e. The van der Waals surface area contributed by atoms with Crippen LogP contribution in [-0.4, -0.2) is 5.91 Å². The predicted octanol–water partition coefficient (Wildman–Crippen LogP) is -0.138. The van der Waals surface area contributed by atoms with Gasteiger partial charge in [0.05, 0.1) is 6.42 Å². The van der Waals surface area contributed by atoms with Crippen LogP contribution in [0.15, 0.2) is 12.7 Å². The fourth-order valence-electron chi connectivity index (χ4n) is 0.116. The first kappa shape index (κ1) is 5.21. The summed E-state index contributed by atoms with van der Waals surface area (Å²) in [6.07, 6.45) is 2.54. The van der Waals surface area contributed by atoms with E-state index >= 15 is 0 Å². The van der Waals surface area contributed by atoms with Crippen LogP contribution < -0.4 is 5.73 Å². The van der Waals surface area contributed by atoms with Crippen LogP contribution in [0, 0.1) is 6.42 Å². The van der Waals surface area contributed by atoms with Gasteiger partial charge in [-0.2, -0.15) is 0 Å². The first-order valence-electron chi connectivity index (χ1n) is 1.52. The number of hydrogen-bond acceptors (Lipinski definition) is 1.